The van der Waals surface area contributed by atoms with Crippen molar-refractivity contribution in [3.8, 4) is 0 Å². The highest BCUT2D eigenvalue weighted by molar-refractivity contribution is 7.98. The largest absolute Gasteiger partial charge is 0.399 e. The number of nitrogens with one attached hydrogen (secondary N) is 2. The Balaban J connectivity index is 1.91. The van der Waals surface area contributed by atoms with E-state index in [0.717, 1.165) is 16.1 Å². The lowest BCUT2D eigenvalue weighted by Crippen LogP contribution is -2.12. The van der Waals surface area contributed by atoms with E-state index in [1.54, 1.807) is 23.9 Å². The molecule has 106 valence electrons. The first-order chi connectivity index (χ1) is 10.2. The van der Waals surface area contributed by atoms with E-state index in [0.29, 0.717) is 16.8 Å². The van der Waals surface area contributed by atoms with Crippen molar-refractivity contribution in [1.82, 2.24) is 10.2 Å². The van der Waals surface area contributed by atoms with Gasteiger partial charge >= 0.3 is 0 Å². The SMILES string of the molecule is CSc1cccc(NC(=O)c2n[nH]c3ccc(N)cc23)c1. The zero-order chi connectivity index (χ0) is 14.8. The Bertz CT molecular complexity index is 812. The molecule has 1 aromatic heterocycles. The van der Waals surface area contributed by atoms with E-state index in [9.17, 15) is 4.79 Å². The quantitative estimate of drug-likeness (QED) is 0.512. The number of anilines is 2. The summed E-state index contributed by atoms with van der Waals surface area (Å²) in [5.74, 6) is -0.259. The number of amides is 1. The lowest BCUT2D eigenvalue weighted by molar-refractivity contribution is 0.102. The first kappa shape index (κ1) is 13.5. The summed E-state index contributed by atoms with van der Waals surface area (Å²) < 4.78 is 0. The summed E-state index contributed by atoms with van der Waals surface area (Å²) in [6.07, 6.45) is 1.99. The van der Waals surface area contributed by atoms with Crippen LogP contribution in [0.25, 0.3) is 10.9 Å². The zero-order valence-corrected chi connectivity index (χ0v) is 12.2. The third kappa shape index (κ3) is 2.71. The van der Waals surface area contributed by atoms with E-state index < -0.39 is 0 Å². The number of nitrogens with zero attached hydrogens (tertiary/aromatic N) is 1. The maximum atomic E-state index is 12.4. The van der Waals surface area contributed by atoms with E-state index in [-0.39, 0.29) is 5.91 Å². The molecule has 21 heavy (non-hydrogen) atoms. The smallest absolute Gasteiger partial charge is 0.276 e. The van der Waals surface area contributed by atoms with Crippen molar-refractivity contribution in [2.24, 2.45) is 0 Å². The summed E-state index contributed by atoms with van der Waals surface area (Å²) in [4.78, 5) is 13.4. The van der Waals surface area contributed by atoms with Gasteiger partial charge in [-0.3, -0.25) is 9.89 Å². The maximum Gasteiger partial charge on any atom is 0.276 e. The average Bonchev–Trinajstić information content (AvgIpc) is 2.90. The third-order valence-electron chi connectivity index (χ3n) is 3.13. The number of aromatic amines is 1. The second-order valence-corrected chi connectivity index (χ2v) is 5.44. The molecule has 0 aliphatic rings. The molecule has 5 nitrogen and oxygen atoms in total. The fourth-order valence-electron chi connectivity index (χ4n) is 2.10. The number of nitrogens with two attached hydrogens (primary N) is 1. The van der Waals surface area contributed by atoms with Crippen LogP contribution in [0.1, 0.15) is 10.5 Å². The molecule has 1 heterocycles. The van der Waals surface area contributed by atoms with Crippen LogP contribution in [0, 0.1) is 0 Å². The topological polar surface area (TPSA) is 83.8 Å². The van der Waals surface area contributed by atoms with Gasteiger partial charge in [-0.1, -0.05) is 6.07 Å². The van der Waals surface area contributed by atoms with Gasteiger partial charge in [0.2, 0.25) is 0 Å². The van der Waals surface area contributed by atoms with E-state index >= 15 is 0 Å². The Hall–Kier alpha value is -2.47. The van der Waals surface area contributed by atoms with Gasteiger partial charge in [0, 0.05) is 21.7 Å². The lowest BCUT2D eigenvalue weighted by atomic mass is 10.2. The Labute approximate surface area is 125 Å². The minimum atomic E-state index is -0.259. The average molecular weight is 298 g/mol. The van der Waals surface area contributed by atoms with Gasteiger partial charge in [0.1, 0.15) is 0 Å². The summed E-state index contributed by atoms with van der Waals surface area (Å²) in [6.45, 7) is 0. The lowest BCUT2D eigenvalue weighted by Gasteiger charge is -2.05. The molecule has 0 spiro atoms. The van der Waals surface area contributed by atoms with E-state index in [1.165, 1.54) is 0 Å². The number of fused-ring (bicyclic) bond motifs is 1. The molecule has 2 aromatic carbocycles. The summed E-state index contributed by atoms with van der Waals surface area (Å²) in [5, 5.41) is 10.5. The summed E-state index contributed by atoms with van der Waals surface area (Å²) >= 11 is 1.62. The number of nitrogen functional groups attached to an aromatic ring is 1. The number of hydrogen-bond acceptors (Lipinski definition) is 4. The zero-order valence-electron chi connectivity index (χ0n) is 11.4. The van der Waals surface area contributed by atoms with Crippen molar-refractivity contribution in [1.29, 1.82) is 0 Å². The van der Waals surface area contributed by atoms with Crippen molar-refractivity contribution >= 4 is 39.9 Å². The van der Waals surface area contributed by atoms with Gasteiger partial charge in [0.05, 0.1) is 5.52 Å². The van der Waals surface area contributed by atoms with Gasteiger partial charge in [-0.2, -0.15) is 5.10 Å². The van der Waals surface area contributed by atoms with Crippen LogP contribution in [0.5, 0.6) is 0 Å². The van der Waals surface area contributed by atoms with Crippen LogP contribution in [-0.4, -0.2) is 22.4 Å². The highest BCUT2D eigenvalue weighted by atomic mass is 32.2. The van der Waals surface area contributed by atoms with Gasteiger partial charge in [-0.15, -0.1) is 11.8 Å². The van der Waals surface area contributed by atoms with Crippen LogP contribution >= 0.6 is 11.8 Å². The van der Waals surface area contributed by atoms with Crippen LogP contribution in [0.4, 0.5) is 11.4 Å². The van der Waals surface area contributed by atoms with Gasteiger partial charge < -0.3 is 11.1 Å². The predicted octanol–water partition coefficient (Wildman–Crippen LogP) is 3.12. The van der Waals surface area contributed by atoms with Crippen molar-refractivity contribution in [3.05, 3.63) is 48.2 Å². The number of carbonyl (C=O) groups excluding carboxylic acids is 1. The van der Waals surface area contributed by atoms with Crippen molar-refractivity contribution in [3.63, 3.8) is 0 Å². The number of aromatic nitrogens is 2. The molecule has 0 fully saturated rings. The van der Waals surface area contributed by atoms with Crippen LogP contribution in [0.2, 0.25) is 0 Å². The molecule has 0 atom stereocenters. The third-order valence-corrected chi connectivity index (χ3v) is 3.85. The molecule has 0 saturated carbocycles. The summed E-state index contributed by atoms with van der Waals surface area (Å²) in [5.41, 5.74) is 8.23. The maximum absolute atomic E-state index is 12.4. The number of hydrogen-bond donors (Lipinski definition) is 3. The fourth-order valence-corrected chi connectivity index (χ4v) is 2.56. The van der Waals surface area contributed by atoms with Gasteiger partial charge in [0.25, 0.3) is 5.91 Å². The standard InChI is InChI=1S/C15H14N4OS/c1-21-11-4-2-3-10(8-11)17-15(20)14-12-7-9(16)5-6-13(12)18-19-14/h2-8H,16H2,1H3,(H,17,20)(H,18,19). The predicted molar refractivity (Wildman–Crippen MR) is 86.7 cm³/mol. The second-order valence-electron chi connectivity index (χ2n) is 4.56. The normalized spacial score (nSPS) is 10.7. The van der Waals surface area contributed by atoms with Crippen molar-refractivity contribution in [2.45, 2.75) is 4.90 Å². The Morgan fingerprint density at radius 1 is 1.29 bits per heavy atom. The second kappa shape index (κ2) is 5.49. The molecule has 3 rings (SSSR count). The van der Waals surface area contributed by atoms with Gasteiger partial charge in [-0.05, 0) is 42.7 Å². The first-order valence-electron chi connectivity index (χ1n) is 6.36. The molecule has 0 unspecified atom stereocenters. The summed E-state index contributed by atoms with van der Waals surface area (Å²) in [6, 6.07) is 13.0. The Kier molecular flexibility index (Phi) is 3.53. The molecule has 1 amide bonds. The monoisotopic (exact) mass is 298 g/mol. The number of thioether (sulfide) groups is 1. The minimum absolute atomic E-state index is 0.259. The molecule has 0 aliphatic heterocycles. The number of H-pyrrole nitrogens is 1. The molecular formula is C15H14N4OS. The highest BCUT2D eigenvalue weighted by Crippen LogP contribution is 2.22. The highest BCUT2D eigenvalue weighted by Gasteiger charge is 2.14. The number of rotatable bonds is 3. The van der Waals surface area contributed by atoms with Crippen LogP contribution < -0.4 is 11.1 Å². The molecule has 6 heteroatoms. The molecule has 0 aliphatic carbocycles. The van der Waals surface area contributed by atoms with Crippen molar-refractivity contribution < 1.29 is 4.79 Å². The van der Waals surface area contributed by atoms with Gasteiger partial charge in [0.15, 0.2) is 5.69 Å². The van der Waals surface area contributed by atoms with E-state index in [2.05, 4.69) is 15.5 Å². The van der Waals surface area contributed by atoms with Crippen molar-refractivity contribution in [2.75, 3.05) is 17.3 Å². The molecule has 0 bridgehead atoms. The van der Waals surface area contributed by atoms with Gasteiger partial charge in [-0.25, -0.2) is 0 Å². The molecule has 4 N–H and O–H groups in total. The summed E-state index contributed by atoms with van der Waals surface area (Å²) in [7, 11) is 0. The van der Waals surface area contributed by atoms with Crippen LogP contribution in [0.3, 0.4) is 0 Å². The Morgan fingerprint density at radius 2 is 2.14 bits per heavy atom. The first-order valence-corrected chi connectivity index (χ1v) is 7.59. The minimum Gasteiger partial charge on any atom is -0.399 e. The molecule has 0 radical (unpaired) electrons. The van der Waals surface area contributed by atoms with Crippen LogP contribution in [-0.2, 0) is 0 Å². The van der Waals surface area contributed by atoms with E-state index in [4.69, 9.17) is 5.73 Å². The van der Waals surface area contributed by atoms with Crippen LogP contribution in [0.15, 0.2) is 47.4 Å². The molecule has 0 saturated heterocycles. The number of carbonyl (C=O) groups is 1. The Morgan fingerprint density at radius 3 is 2.95 bits per heavy atom. The molecular weight excluding hydrogens is 284 g/mol. The fraction of sp³-hybridized carbons (Fsp3) is 0.0667. The van der Waals surface area contributed by atoms with E-state index in [1.807, 2.05) is 36.6 Å². The number of benzene rings is 2. The molecule has 3 aromatic rings.